The molecule has 0 amide bonds. The van der Waals surface area contributed by atoms with Gasteiger partial charge in [0.1, 0.15) is 0 Å². The molecule has 1 aromatic heterocycles. The zero-order valence-corrected chi connectivity index (χ0v) is 10.9. The first-order valence-electron chi connectivity index (χ1n) is 5.97. The smallest absolute Gasteiger partial charge is 0.292 e. The average molecular weight is 249 g/mol. The van der Waals surface area contributed by atoms with Gasteiger partial charge in [-0.05, 0) is 38.5 Å². The third kappa shape index (κ3) is 3.00. The molecular formula is C13H19N3O2. The van der Waals surface area contributed by atoms with Crippen LogP contribution in [-0.2, 0) is 0 Å². The van der Waals surface area contributed by atoms with Crippen LogP contribution in [0.1, 0.15) is 32.4 Å². The number of aliphatic hydroxyl groups excluding tert-OH is 1. The van der Waals surface area contributed by atoms with Crippen LogP contribution in [0.2, 0.25) is 0 Å². The molecule has 1 heterocycles. The van der Waals surface area contributed by atoms with E-state index in [1.54, 1.807) is 12.1 Å². The summed E-state index contributed by atoms with van der Waals surface area (Å²) < 4.78 is 0. The molecule has 1 unspecified atom stereocenters. The Bertz CT molecular complexity index is 543. The highest BCUT2D eigenvalue weighted by Crippen LogP contribution is 2.20. The first-order chi connectivity index (χ1) is 8.35. The van der Waals surface area contributed by atoms with E-state index in [9.17, 15) is 10.2 Å². The molecule has 0 saturated heterocycles. The van der Waals surface area contributed by atoms with Crippen molar-refractivity contribution in [3.63, 3.8) is 0 Å². The molecule has 0 saturated carbocycles. The van der Waals surface area contributed by atoms with E-state index in [0.717, 1.165) is 11.1 Å². The largest absolute Gasteiger partial charge is 0.480 e. The van der Waals surface area contributed by atoms with Gasteiger partial charge in [-0.3, -0.25) is 0 Å². The fourth-order valence-corrected chi connectivity index (χ4v) is 1.74. The van der Waals surface area contributed by atoms with Crippen molar-refractivity contribution < 1.29 is 10.2 Å². The molecule has 1 aromatic carbocycles. The Morgan fingerprint density at radius 2 is 2.11 bits per heavy atom. The van der Waals surface area contributed by atoms with Crippen LogP contribution < -0.4 is 5.32 Å². The van der Waals surface area contributed by atoms with Crippen molar-refractivity contribution in [2.24, 2.45) is 0 Å². The summed E-state index contributed by atoms with van der Waals surface area (Å²) >= 11 is 0. The molecule has 5 heteroatoms. The summed E-state index contributed by atoms with van der Waals surface area (Å²) in [6.07, 6.45) is -0.590. The van der Waals surface area contributed by atoms with Crippen LogP contribution in [0.4, 0.5) is 0 Å². The third-order valence-electron chi connectivity index (χ3n) is 2.71. The predicted molar refractivity (Wildman–Crippen MR) is 70.5 cm³/mol. The van der Waals surface area contributed by atoms with Crippen LogP contribution in [0.15, 0.2) is 18.2 Å². The molecule has 0 aliphatic heterocycles. The van der Waals surface area contributed by atoms with Gasteiger partial charge < -0.3 is 20.5 Å². The number of fused-ring (bicyclic) bond motifs is 1. The molecule has 0 fully saturated rings. The standard InChI is InChI=1S/C13H19N3O2/c1-13(2,3)14-7-11(17)8-4-5-9-10(6-8)16-12(18)15-9/h4-6,11,14,17H,7H2,1-3H3,(H2,15,16,18). The molecule has 18 heavy (non-hydrogen) atoms. The lowest BCUT2D eigenvalue weighted by atomic mass is 10.1. The number of aromatic nitrogens is 2. The second-order valence-electron chi connectivity index (χ2n) is 5.48. The minimum absolute atomic E-state index is 0.0321. The van der Waals surface area contributed by atoms with Gasteiger partial charge in [-0.15, -0.1) is 0 Å². The Morgan fingerprint density at radius 1 is 1.39 bits per heavy atom. The van der Waals surface area contributed by atoms with Crippen LogP contribution in [0.25, 0.3) is 11.0 Å². The van der Waals surface area contributed by atoms with Gasteiger partial charge in [0.2, 0.25) is 0 Å². The second-order valence-corrected chi connectivity index (χ2v) is 5.48. The number of hydrogen-bond donors (Lipinski definition) is 4. The van der Waals surface area contributed by atoms with Gasteiger partial charge in [0.25, 0.3) is 6.01 Å². The topological polar surface area (TPSA) is 81.2 Å². The maximum atomic E-state index is 10.1. The van der Waals surface area contributed by atoms with E-state index < -0.39 is 6.10 Å². The summed E-state index contributed by atoms with van der Waals surface area (Å²) in [5, 5.41) is 22.6. The molecule has 0 bridgehead atoms. The molecule has 0 aliphatic rings. The van der Waals surface area contributed by atoms with E-state index in [-0.39, 0.29) is 11.5 Å². The quantitative estimate of drug-likeness (QED) is 0.667. The van der Waals surface area contributed by atoms with Crippen LogP contribution in [-0.4, -0.2) is 32.3 Å². The number of aromatic hydroxyl groups is 1. The lowest BCUT2D eigenvalue weighted by Crippen LogP contribution is -2.38. The Balaban J connectivity index is 2.14. The van der Waals surface area contributed by atoms with Crippen LogP contribution in [0.5, 0.6) is 6.01 Å². The minimum Gasteiger partial charge on any atom is -0.480 e. The SMILES string of the molecule is CC(C)(C)NCC(O)c1ccc2[nH]c(O)nc2c1. The molecule has 0 radical (unpaired) electrons. The number of nitrogens with one attached hydrogen (secondary N) is 2. The summed E-state index contributed by atoms with van der Waals surface area (Å²) in [7, 11) is 0. The molecule has 1 atom stereocenters. The van der Waals surface area contributed by atoms with Gasteiger partial charge in [-0.25, -0.2) is 0 Å². The summed E-state index contributed by atoms with van der Waals surface area (Å²) in [5.41, 5.74) is 2.16. The van der Waals surface area contributed by atoms with E-state index >= 15 is 0 Å². The highest BCUT2D eigenvalue weighted by molar-refractivity contribution is 5.76. The van der Waals surface area contributed by atoms with Crippen molar-refractivity contribution >= 4 is 11.0 Å². The average Bonchev–Trinajstić information content (AvgIpc) is 2.63. The third-order valence-corrected chi connectivity index (χ3v) is 2.71. The Morgan fingerprint density at radius 3 is 2.78 bits per heavy atom. The van der Waals surface area contributed by atoms with Gasteiger partial charge in [-0.2, -0.15) is 4.98 Å². The van der Waals surface area contributed by atoms with Crippen molar-refractivity contribution in [1.82, 2.24) is 15.3 Å². The molecule has 0 aliphatic carbocycles. The normalized spacial score (nSPS) is 14.0. The van der Waals surface area contributed by atoms with Gasteiger partial charge in [-0.1, -0.05) is 6.07 Å². The Labute approximate surface area is 106 Å². The van der Waals surface area contributed by atoms with Crippen molar-refractivity contribution in [1.29, 1.82) is 0 Å². The molecular weight excluding hydrogens is 230 g/mol. The molecule has 4 N–H and O–H groups in total. The zero-order chi connectivity index (χ0) is 13.3. The zero-order valence-electron chi connectivity index (χ0n) is 10.9. The van der Waals surface area contributed by atoms with Crippen molar-refractivity contribution in [2.75, 3.05) is 6.54 Å². The highest BCUT2D eigenvalue weighted by Gasteiger charge is 2.14. The summed E-state index contributed by atoms with van der Waals surface area (Å²) in [4.78, 5) is 6.66. The lowest BCUT2D eigenvalue weighted by molar-refractivity contribution is 0.163. The van der Waals surface area contributed by atoms with E-state index in [0.29, 0.717) is 12.1 Å². The lowest BCUT2D eigenvalue weighted by Gasteiger charge is -2.23. The number of aliphatic hydroxyl groups is 1. The summed E-state index contributed by atoms with van der Waals surface area (Å²) in [5.74, 6) is 0. The van der Waals surface area contributed by atoms with Gasteiger partial charge in [0.15, 0.2) is 0 Å². The fourth-order valence-electron chi connectivity index (χ4n) is 1.74. The minimum atomic E-state index is -0.590. The molecule has 2 rings (SSSR count). The number of benzene rings is 1. The van der Waals surface area contributed by atoms with Crippen LogP contribution in [0.3, 0.4) is 0 Å². The van der Waals surface area contributed by atoms with E-state index in [4.69, 9.17) is 0 Å². The number of hydrogen-bond acceptors (Lipinski definition) is 4. The Kier molecular flexibility index (Phi) is 3.28. The van der Waals surface area contributed by atoms with Gasteiger partial charge >= 0.3 is 0 Å². The number of β-amino-alcohol motifs (C(OH)–C–C–N with tert-alkyl or cyclic N) is 1. The second kappa shape index (κ2) is 4.59. The summed E-state index contributed by atoms with van der Waals surface area (Å²) in [6, 6.07) is 5.30. The fraction of sp³-hybridized carbons (Fsp3) is 0.462. The number of aromatic amines is 1. The Hall–Kier alpha value is -1.59. The molecule has 5 nitrogen and oxygen atoms in total. The summed E-state index contributed by atoms with van der Waals surface area (Å²) in [6.45, 7) is 6.63. The number of nitrogens with zero attached hydrogens (tertiary/aromatic N) is 1. The number of rotatable bonds is 3. The molecule has 2 aromatic rings. The van der Waals surface area contributed by atoms with Gasteiger partial charge in [0, 0.05) is 12.1 Å². The van der Waals surface area contributed by atoms with E-state index in [1.807, 2.05) is 6.07 Å². The molecule has 0 spiro atoms. The maximum absolute atomic E-state index is 10.1. The number of H-pyrrole nitrogens is 1. The van der Waals surface area contributed by atoms with Crippen molar-refractivity contribution in [3.05, 3.63) is 23.8 Å². The predicted octanol–water partition coefficient (Wildman–Crippen LogP) is 1.69. The number of imidazole rings is 1. The highest BCUT2D eigenvalue weighted by atomic mass is 16.3. The van der Waals surface area contributed by atoms with Crippen molar-refractivity contribution in [2.45, 2.75) is 32.4 Å². The van der Waals surface area contributed by atoms with Crippen molar-refractivity contribution in [3.8, 4) is 6.01 Å². The first kappa shape index (κ1) is 12.9. The molecule has 98 valence electrons. The van der Waals surface area contributed by atoms with E-state index in [1.165, 1.54) is 0 Å². The van der Waals surface area contributed by atoms with Crippen LogP contribution >= 0.6 is 0 Å². The first-order valence-corrected chi connectivity index (χ1v) is 5.97. The van der Waals surface area contributed by atoms with Crippen LogP contribution in [0, 0.1) is 0 Å². The monoisotopic (exact) mass is 249 g/mol. The van der Waals surface area contributed by atoms with Gasteiger partial charge in [0.05, 0.1) is 17.1 Å². The van der Waals surface area contributed by atoms with E-state index in [2.05, 4.69) is 36.1 Å². The maximum Gasteiger partial charge on any atom is 0.292 e.